The number of hydrogen-bond acceptors (Lipinski definition) is 3. The van der Waals surface area contributed by atoms with Gasteiger partial charge in [0.15, 0.2) is 0 Å². The van der Waals surface area contributed by atoms with Crippen molar-refractivity contribution < 1.29 is 9.47 Å². The van der Waals surface area contributed by atoms with Crippen molar-refractivity contribution in [3.63, 3.8) is 0 Å². The minimum absolute atomic E-state index is 0.112. The van der Waals surface area contributed by atoms with E-state index in [0.29, 0.717) is 12.0 Å². The van der Waals surface area contributed by atoms with E-state index in [1.165, 1.54) is 5.56 Å². The van der Waals surface area contributed by atoms with Gasteiger partial charge >= 0.3 is 0 Å². The number of benzene rings is 1. The van der Waals surface area contributed by atoms with Gasteiger partial charge in [-0.2, -0.15) is 0 Å². The zero-order valence-corrected chi connectivity index (χ0v) is 14.0. The molecular formula is C18H29NO2. The summed E-state index contributed by atoms with van der Waals surface area (Å²) in [4.78, 5) is 0. The van der Waals surface area contributed by atoms with E-state index >= 15 is 0 Å². The molecule has 1 aromatic rings. The van der Waals surface area contributed by atoms with Crippen molar-refractivity contribution in [3.8, 4) is 11.5 Å². The topological polar surface area (TPSA) is 30.5 Å². The van der Waals surface area contributed by atoms with Crippen molar-refractivity contribution in [2.24, 2.45) is 5.92 Å². The summed E-state index contributed by atoms with van der Waals surface area (Å²) in [5.74, 6) is 2.45. The predicted octanol–water partition coefficient (Wildman–Crippen LogP) is 4.32. The SMILES string of the molecule is CCCNC1CC(C)(CC(C)C)Oc2cc(OC)ccc21. The van der Waals surface area contributed by atoms with Gasteiger partial charge in [0.05, 0.1) is 7.11 Å². The van der Waals surface area contributed by atoms with E-state index in [1.807, 2.05) is 12.1 Å². The molecule has 2 unspecified atom stereocenters. The number of ether oxygens (including phenoxy) is 2. The molecule has 0 bridgehead atoms. The first-order valence-electron chi connectivity index (χ1n) is 8.07. The molecule has 0 fully saturated rings. The van der Waals surface area contributed by atoms with Crippen molar-refractivity contribution in [2.45, 2.75) is 58.6 Å². The van der Waals surface area contributed by atoms with Crippen LogP contribution in [0.1, 0.15) is 58.6 Å². The Hall–Kier alpha value is -1.22. The summed E-state index contributed by atoms with van der Waals surface area (Å²) in [5, 5.41) is 3.67. The van der Waals surface area contributed by atoms with Gasteiger partial charge in [0, 0.05) is 24.1 Å². The summed E-state index contributed by atoms with van der Waals surface area (Å²) >= 11 is 0. The lowest BCUT2D eigenvalue weighted by Crippen LogP contribution is -2.43. The van der Waals surface area contributed by atoms with Crippen LogP contribution in [0.25, 0.3) is 0 Å². The molecule has 118 valence electrons. The Morgan fingerprint density at radius 2 is 2.19 bits per heavy atom. The summed E-state index contributed by atoms with van der Waals surface area (Å²) in [6.45, 7) is 9.98. The van der Waals surface area contributed by atoms with Crippen LogP contribution < -0.4 is 14.8 Å². The average Bonchev–Trinajstić information content (AvgIpc) is 2.42. The molecule has 1 aromatic carbocycles. The van der Waals surface area contributed by atoms with Gasteiger partial charge in [-0.1, -0.05) is 26.8 Å². The molecule has 0 amide bonds. The van der Waals surface area contributed by atoms with Crippen LogP contribution in [-0.4, -0.2) is 19.3 Å². The molecule has 0 saturated carbocycles. The summed E-state index contributed by atoms with van der Waals surface area (Å²) in [5.41, 5.74) is 1.14. The third-order valence-electron chi connectivity index (χ3n) is 4.07. The molecule has 2 rings (SSSR count). The predicted molar refractivity (Wildman–Crippen MR) is 87.1 cm³/mol. The number of methoxy groups -OCH3 is 1. The maximum atomic E-state index is 6.36. The van der Waals surface area contributed by atoms with Crippen molar-refractivity contribution >= 4 is 0 Å². The van der Waals surface area contributed by atoms with Crippen LogP contribution in [0, 0.1) is 5.92 Å². The highest BCUT2D eigenvalue weighted by atomic mass is 16.5. The molecule has 1 heterocycles. The van der Waals surface area contributed by atoms with E-state index in [4.69, 9.17) is 9.47 Å². The second-order valence-corrected chi connectivity index (χ2v) is 6.76. The fraction of sp³-hybridized carbons (Fsp3) is 0.667. The van der Waals surface area contributed by atoms with E-state index in [2.05, 4.69) is 39.1 Å². The zero-order valence-electron chi connectivity index (χ0n) is 14.0. The lowest BCUT2D eigenvalue weighted by atomic mass is 9.83. The Bertz CT molecular complexity index is 472. The Kier molecular flexibility index (Phi) is 5.15. The Morgan fingerprint density at radius 3 is 2.81 bits per heavy atom. The van der Waals surface area contributed by atoms with E-state index in [9.17, 15) is 0 Å². The number of hydrogen-bond donors (Lipinski definition) is 1. The second-order valence-electron chi connectivity index (χ2n) is 6.76. The maximum absolute atomic E-state index is 6.36. The Balaban J connectivity index is 2.30. The van der Waals surface area contributed by atoms with Crippen LogP contribution in [0.15, 0.2) is 18.2 Å². The molecular weight excluding hydrogens is 262 g/mol. The first kappa shape index (κ1) is 16.2. The molecule has 3 heteroatoms. The normalized spacial score (nSPS) is 24.6. The summed E-state index contributed by atoms with van der Waals surface area (Å²) < 4.78 is 11.7. The van der Waals surface area contributed by atoms with Crippen LogP contribution >= 0.6 is 0 Å². The largest absolute Gasteiger partial charge is 0.497 e. The highest BCUT2D eigenvalue weighted by Gasteiger charge is 2.37. The fourth-order valence-electron chi connectivity index (χ4n) is 3.36. The fourth-order valence-corrected chi connectivity index (χ4v) is 3.36. The van der Waals surface area contributed by atoms with E-state index in [-0.39, 0.29) is 5.60 Å². The Labute approximate surface area is 129 Å². The van der Waals surface area contributed by atoms with Crippen molar-refractivity contribution in [3.05, 3.63) is 23.8 Å². The standard InChI is InChI=1S/C18H29NO2/c1-6-9-19-16-12-18(4,11-13(2)3)21-17-10-14(20-5)7-8-15(16)17/h7-8,10,13,16,19H,6,9,11-12H2,1-5H3. The minimum Gasteiger partial charge on any atom is -0.497 e. The van der Waals surface area contributed by atoms with E-state index < -0.39 is 0 Å². The lowest BCUT2D eigenvalue weighted by Gasteiger charge is -2.41. The van der Waals surface area contributed by atoms with Crippen molar-refractivity contribution in [1.29, 1.82) is 0 Å². The monoisotopic (exact) mass is 291 g/mol. The molecule has 1 N–H and O–H groups in total. The average molecular weight is 291 g/mol. The van der Waals surface area contributed by atoms with Crippen LogP contribution in [-0.2, 0) is 0 Å². The summed E-state index contributed by atoms with van der Waals surface area (Å²) in [6, 6.07) is 6.54. The zero-order chi connectivity index (χ0) is 15.5. The highest BCUT2D eigenvalue weighted by molar-refractivity contribution is 5.44. The highest BCUT2D eigenvalue weighted by Crippen LogP contribution is 2.43. The molecule has 21 heavy (non-hydrogen) atoms. The number of fused-ring (bicyclic) bond motifs is 1. The first-order valence-corrected chi connectivity index (χ1v) is 8.07. The van der Waals surface area contributed by atoms with Crippen LogP contribution in [0.3, 0.4) is 0 Å². The molecule has 3 nitrogen and oxygen atoms in total. The third-order valence-corrected chi connectivity index (χ3v) is 4.07. The quantitative estimate of drug-likeness (QED) is 0.846. The smallest absolute Gasteiger partial charge is 0.128 e. The van der Waals surface area contributed by atoms with Gasteiger partial charge in [0.1, 0.15) is 17.1 Å². The van der Waals surface area contributed by atoms with E-state index in [1.54, 1.807) is 7.11 Å². The Morgan fingerprint density at radius 1 is 1.43 bits per heavy atom. The summed E-state index contributed by atoms with van der Waals surface area (Å²) in [7, 11) is 1.70. The molecule has 0 aliphatic carbocycles. The van der Waals surface area contributed by atoms with Gasteiger partial charge in [-0.25, -0.2) is 0 Å². The first-order chi connectivity index (χ1) is 9.97. The summed E-state index contributed by atoms with van der Waals surface area (Å²) in [6.07, 6.45) is 3.22. The van der Waals surface area contributed by atoms with Gasteiger partial charge in [-0.3, -0.25) is 0 Å². The van der Waals surface area contributed by atoms with Crippen LogP contribution in [0.4, 0.5) is 0 Å². The van der Waals surface area contributed by atoms with Gasteiger partial charge in [-0.15, -0.1) is 0 Å². The molecule has 0 radical (unpaired) electrons. The molecule has 1 aliphatic rings. The molecule has 0 aromatic heterocycles. The molecule has 1 aliphatic heterocycles. The van der Waals surface area contributed by atoms with E-state index in [0.717, 1.165) is 37.3 Å². The second kappa shape index (κ2) is 6.69. The van der Waals surface area contributed by atoms with Gasteiger partial charge in [0.2, 0.25) is 0 Å². The number of rotatable bonds is 6. The van der Waals surface area contributed by atoms with Crippen LogP contribution in [0.2, 0.25) is 0 Å². The molecule has 2 atom stereocenters. The molecule has 0 saturated heterocycles. The third kappa shape index (κ3) is 3.91. The van der Waals surface area contributed by atoms with Gasteiger partial charge in [0.25, 0.3) is 0 Å². The van der Waals surface area contributed by atoms with Crippen molar-refractivity contribution in [1.82, 2.24) is 5.32 Å². The maximum Gasteiger partial charge on any atom is 0.128 e. The number of nitrogens with one attached hydrogen (secondary N) is 1. The van der Waals surface area contributed by atoms with Gasteiger partial charge in [-0.05, 0) is 38.3 Å². The van der Waals surface area contributed by atoms with Gasteiger partial charge < -0.3 is 14.8 Å². The lowest BCUT2D eigenvalue weighted by molar-refractivity contribution is 0.0284. The molecule has 0 spiro atoms. The minimum atomic E-state index is -0.112. The van der Waals surface area contributed by atoms with Crippen molar-refractivity contribution in [2.75, 3.05) is 13.7 Å². The van der Waals surface area contributed by atoms with Crippen LogP contribution in [0.5, 0.6) is 11.5 Å².